The molecule has 0 unspecified atom stereocenters. The summed E-state index contributed by atoms with van der Waals surface area (Å²) in [6.45, 7) is 2.04. The SMILES string of the molecule is C[C@]12CC[C@H]3[C@@H](CC[C@H]4C[C@@](O)(CF)CC[C@@H]43)[C@@H]1CC[C@@H]2C(=O)Cn1nnc2ccncc21. The maximum absolute atomic E-state index is 13.5. The number of fused-ring (bicyclic) bond motifs is 6. The Hall–Kier alpha value is -1.89. The lowest BCUT2D eigenvalue weighted by Gasteiger charge is -2.56. The number of Topliss-reactive ketones (excluding diaryl/α,β-unsaturated/α-hetero) is 1. The van der Waals surface area contributed by atoms with Gasteiger partial charge >= 0.3 is 0 Å². The number of aliphatic hydroxyl groups is 1. The van der Waals surface area contributed by atoms with E-state index in [1.807, 2.05) is 6.07 Å². The van der Waals surface area contributed by atoms with E-state index in [0.29, 0.717) is 42.4 Å². The van der Waals surface area contributed by atoms with Crippen LogP contribution in [0.25, 0.3) is 11.0 Å². The van der Waals surface area contributed by atoms with E-state index in [4.69, 9.17) is 0 Å². The highest BCUT2D eigenvalue weighted by molar-refractivity contribution is 5.84. The summed E-state index contributed by atoms with van der Waals surface area (Å²) >= 11 is 0. The molecule has 0 aliphatic heterocycles. The first-order valence-electron chi connectivity index (χ1n) is 12.9. The Balaban J connectivity index is 1.19. The van der Waals surface area contributed by atoms with Crippen molar-refractivity contribution in [3.8, 4) is 0 Å². The van der Waals surface area contributed by atoms with Crippen LogP contribution < -0.4 is 0 Å². The predicted octanol–water partition coefficient (Wildman–Crippen LogP) is 4.36. The van der Waals surface area contributed by atoms with Crippen LogP contribution in [-0.4, -0.2) is 43.1 Å². The molecule has 6 nitrogen and oxygen atoms in total. The minimum absolute atomic E-state index is 0.0636. The molecule has 8 atom stereocenters. The zero-order chi connectivity index (χ0) is 22.8. The van der Waals surface area contributed by atoms with Gasteiger partial charge in [-0.25, -0.2) is 9.07 Å². The second kappa shape index (κ2) is 7.82. The largest absolute Gasteiger partial charge is 0.387 e. The van der Waals surface area contributed by atoms with Gasteiger partial charge in [0.25, 0.3) is 0 Å². The summed E-state index contributed by atoms with van der Waals surface area (Å²) in [6.07, 6.45) is 12.3. The van der Waals surface area contributed by atoms with Gasteiger partial charge in [-0.05, 0) is 98.9 Å². The molecule has 4 aliphatic carbocycles. The molecule has 4 fully saturated rings. The van der Waals surface area contributed by atoms with E-state index < -0.39 is 12.3 Å². The van der Waals surface area contributed by atoms with E-state index in [9.17, 15) is 14.3 Å². The van der Waals surface area contributed by atoms with Gasteiger partial charge in [-0.3, -0.25) is 9.78 Å². The van der Waals surface area contributed by atoms with Gasteiger partial charge in [-0.1, -0.05) is 12.1 Å². The minimum Gasteiger partial charge on any atom is -0.387 e. The molecule has 1 N–H and O–H groups in total. The maximum atomic E-state index is 13.5. The molecule has 0 saturated heterocycles. The summed E-state index contributed by atoms with van der Waals surface area (Å²) in [6, 6.07) is 1.83. The number of ketones is 1. The van der Waals surface area contributed by atoms with E-state index in [2.05, 4.69) is 22.2 Å². The molecular weight excluding hydrogens is 419 g/mol. The van der Waals surface area contributed by atoms with Gasteiger partial charge in [0.1, 0.15) is 24.3 Å². The Bertz CT molecular complexity index is 1060. The Morgan fingerprint density at radius 1 is 1.15 bits per heavy atom. The molecule has 0 radical (unpaired) electrons. The molecule has 2 heterocycles. The zero-order valence-electron chi connectivity index (χ0n) is 19.5. The number of hydrogen-bond donors (Lipinski definition) is 1. The van der Waals surface area contributed by atoms with Crippen molar-refractivity contribution in [3.05, 3.63) is 18.5 Å². The standard InChI is InChI=1S/C26H35FN4O2/c1-25-9-6-18-17-7-10-26(33,15-27)12-16(17)2-3-19(18)20(25)4-5-21(25)24(32)14-31-23-13-28-11-8-22(23)29-30-31/h8,11,13,16-21,33H,2-7,9-10,12,14-15H2,1H3/t16-,17-,18+,19+,20-,21+,25-,26+/m0/s1. The van der Waals surface area contributed by atoms with Crippen LogP contribution >= 0.6 is 0 Å². The van der Waals surface area contributed by atoms with Crippen LogP contribution in [-0.2, 0) is 11.3 Å². The number of nitrogens with zero attached hydrogens (tertiary/aromatic N) is 4. The van der Waals surface area contributed by atoms with Crippen molar-refractivity contribution in [1.29, 1.82) is 0 Å². The second-order valence-corrected chi connectivity index (χ2v) is 11.8. The quantitative estimate of drug-likeness (QED) is 0.742. The summed E-state index contributed by atoms with van der Waals surface area (Å²) < 4.78 is 15.1. The van der Waals surface area contributed by atoms with Crippen LogP contribution in [0.4, 0.5) is 4.39 Å². The minimum atomic E-state index is -1.08. The van der Waals surface area contributed by atoms with Crippen molar-refractivity contribution in [2.45, 2.75) is 76.9 Å². The zero-order valence-corrected chi connectivity index (χ0v) is 19.5. The fourth-order valence-electron chi connectivity index (χ4n) is 8.80. The molecule has 4 saturated carbocycles. The Morgan fingerprint density at radius 3 is 2.85 bits per heavy atom. The van der Waals surface area contributed by atoms with Crippen molar-refractivity contribution < 1.29 is 14.3 Å². The van der Waals surface area contributed by atoms with Gasteiger partial charge < -0.3 is 5.11 Å². The average Bonchev–Trinajstić information content (AvgIpc) is 3.39. The number of carbonyl (C=O) groups excluding carboxylic acids is 1. The van der Waals surface area contributed by atoms with Gasteiger partial charge in [-0.15, -0.1) is 5.10 Å². The first kappa shape index (κ1) is 21.6. The Labute approximate surface area is 194 Å². The highest BCUT2D eigenvalue weighted by Crippen LogP contribution is 2.64. The highest BCUT2D eigenvalue weighted by Gasteiger charge is 2.59. The molecule has 0 aromatic carbocycles. The van der Waals surface area contributed by atoms with Gasteiger partial charge in [-0.2, -0.15) is 0 Å². The predicted molar refractivity (Wildman–Crippen MR) is 122 cm³/mol. The van der Waals surface area contributed by atoms with Crippen LogP contribution in [0, 0.1) is 40.9 Å². The van der Waals surface area contributed by atoms with Crippen LogP contribution in [0.2, 0.25) is 0 Å². The maximum Gasteiger partial charge on any atom is 0.157 e. The van der Waals surface area contributed by atoms with E-state index in [1.165, 1.54) is 12.8 Å². The number of halogens is 1. The average molecular weight is 455 g/mol. The van der Waals surface area contributed by atoms with Crippen LogP contribution in [0.3, 0.4) is 0 Å². The van der Waals surface area contributed by atoms with Gasteiger partial charge in [0, 0.05) is 12.1 Å². The fraction of sp³-hybridized carbons (Fsp3) is 0.769. The van der Waals surface area contributed by atoms with E-state index in [1.54, 1.807) is 17.1 Å². The monoisotopic (exact) mass is 454 g/mol. The lowest BCUT2D eigenvalue weighted by atomic mass is 9.49. The molecule has 2 aromatic heterocycles. The lowest BCUT2D eigenvalue weighted by molar-refractivity contribution is -0.134. The van der Waals surface area contributed by atoms with Gasteiger partial charge in [0.2, 0.25) is 0 Å². The van der Waals surface area contributed by atoms with Crippen LogP contribution in [0.5, 0.6) is 0 Å². The smallest absolute Gasteiger partial charge is 0.157 e. The van der Waals surface area contributed by atoms with Crippen molar-refractivity contribution in [1.82, 2.24) is 20.0 Å². The number of aromatic nitrogens is 4. The highest BCUT2D eigenvalue weighted by atomic mass is 19.1. The van der Waals surface area contributed by atoms with Gasteiger partial charge in [0.15, 0.2) is 5.78 Å². The normalized spacial score (nSPS) is 42.5. The van der Waals surface area contributed by atoms with Crippen molar-refractivity contribution in [2.75, 3.05) is 6.67 Å². The van der Waals surface area contributed by atoms with E-state index in [-0.39, 0.29) is 23.7 Å². The second-order valence-electron chi connectivity index (χ2n) is 11.8. The van der Waals surface area contributed by atoms with Crippen molar-refractivity contribution >= 4 is 16.8 Å². The molecule has 33 heavy (non-hydrogen) atoms. The molecule has 0 spiro atoms. The number of carbonyl (C=O) groups is 1. The van der Waals surface area contributed by atoms with Crippen LogP contribution in [0.15, 0.2) is 18.5 Å². The fourth-order valence-corrected chi connectivity index (χ4v) is 8.80. The topological polar surface area (TPSA) is 80.9 Å². The third-order valence-electron chi connectivity index (χ3n) is 10.4. The summed E-state index contributed by atoms with van der Waals surface area (Å²) in [4.78, 5) is 17.7. The van der Waals surface area contributed by atoms with Crippen molar-refractivity contribution in [3.63, 3.8) is 0 Å². The summed E-state index contributed by atoms with van der Waals surface area (Å²) in [5.74, 6) is 3.43. The molecule has 7 heteroatoms. The number of rotatable bonds is 4. The molecule has 178 valence electrons. The van der Waals surface area contributed by atoms with E-state index in [0.717, 1.165) is 43.1 Å². The first-order chi connectivity index (χ1) is 15.9. The lowest BCUT2D eigenvalue weighted by Crippen LogP contribution is -2.52. The molecule has 2 aromatic rings. The number of alkyl halides is 1. The summed E-state index contributed by atoms with van der Waals surface area (Å²) in [5, 5.41) is 19.0. The van der Waals surface area contributed by atoms with Gasteiger partial charge in [0.05, 0.1) is 11.8 Å². The summed E-state index contributed by atoms with van der Waals surface area (Å²) in [7, 11) is 0. The van der Waals surface area contributed by atoms with Crippen LogP contribution in [0.1, 0.15) is 64.7 Å². The molecule has 6 rings (SSSR count). The number of hydrogen-bond acceptors (Lipinski definition) is 5. The summed E-state index contributed by atoms with van der Waals surface area (Å²) in [5.41, 5.74) is 0.577. The Kier molecular flexibility index (Phi) is 5.13. The first-order valence-corrected chi connectivity index (χ1v) is 12.9. The molecule has 0 bridgehead atoms. The molecular formula is C26H35FN4O2. The Morgan fingerprint density at radius 2 is 2.00 bits per heavy atom. The molecule has 4 aliphatic rings. The molecule has 0 amide bonds. The van der Waals surface area contributed by atoms with Crippen molar-refractivity contribution in [2.24, 2.45) is 40.9 Å². The van der Waals surface area contributed by atoms with E-state index >= 15 is 0 Å². The number of pyridine rings is 1. The third-order valence-corrected chi connectivity index (χ3v) is 10.4. The third kappa shape index (κ3) is 3.36.